The maximum atomic E-state index is 13.5. The second-order valence-corrected chi connectivity index (χ2v) is 8.31. The largest absolute Gasteiger partial charge is 0.488 e. The lowest BCUT2D eigenvalue weighted by atomic mass is 10.0. The van der Waals surface area contributed by atoms with Crippen LogP contribution in [-0.2, 0) is 16.0 Å². The minimum atomic E-state index is -0.500. The molecule has 2 aromatic carbocycles. The van der Waals surface area contributed by atoms with Crippen LogP contribution in [0.2, 0.25) is 5.02 Å². The second-order valence-electron chi connectivity index (χ2n) is 7.26. The van der Waals surface area contributed by atoms with Crippen LogP contribution in [0.25, 0.3) is 10.9 Å². The van der Waals surface area contributed by atoms with Crippen molar-refractivity contribution in [1.29, 1.82) is 0 Å². The van der Waals surface area contributed by atoms with Crippen molar-refractivity contribution < 1.29 is 18.7 Å². The molecular formula is C23H20BrClFN3O3. The van der Waals surface area contributed by atoms with Crippen LogP contribution >= 0.6 is 27.5 Å². The summed E-state index contributed by atoms with van der Waals surface area (Å²) in [5.41, 5.74) is 1.96. The molecule has 0 amide bonds. The summed E-state index contributed by atoms with van der Waals surface area (Å²) in [4.78, 5) is 21.2. The van der Waals surface area contributed by atoms with Crippen LogP contribution in [0, 0.1) is 5.82 Å². The third-order valence-electron chi connectivity index (χ3n) is 4.94. The lowest BCUT2D eigenvalue weighted by molar-refractivity contribution is -0.114. The van der Waals surface area contributed by atoms with Crippen LogP contribution in [0.5, 0.6) is 5.75 Å². The number of hydrogen-bond acceptors (Lipinski definition) is 6. The molecule has 1 unspecified atom stereocenters. The molecule has 32 heavy (non-hydrogen) atoms. The predicted octanol–water partition coefficient (Wildman–Crippen LogP) is 5.40. The van der Waals surface area contributed by atoms with Gasteiger partial charge in [-0.1, -0.05) is 33.6 Å². The summed E-state index contributed by atoms with van der Waals surface area (Å²) in [7, 11) is 0. The number of aromatic nitrogens is 2. The number of benzene rings is 2. The molecule has 9 heteroatoms. The highest BCUT2D eigenvalue weighted by atomic mass is 79.9. The fourth-order valence-corrected chi connectivity index (χ4v) is 3.76. The highest BCUT2D eigenvalue weighted by Crippen LogP contribution is 2.32. The van der Waals surface area contributed by atoms with Gasteiger partial charge in [-0.05, 0) is 30.3 Å². The Kier molecular flexibility index (Phi) is 7.34. The number of alkyl halides is 1. The molecule has 1 N–H and O–H groups in total. The van der Waals surface area contributed by atoms with Gasteiger partial charge in [0.05, 0.1) is 23.8 Å². The van der Waals surface area contributed by atoms with E-state index in [4.69, 9.17) is 21.1 Å². The summed E-state index contributed by atoms with van der Waals surface area (Å²) in [6.45, 7) is 1.16. The maximum absolute atomic E-state index is 13.5. The van der Waals surface area contributed by atoms with Gasteiger partial charge < -0.3 is 14.8 Å². The molecule has 0 radical (unpaired) electrons. The lowest BCUT2D eigenvalue weighted by Crippen LogP contribution is -2.17. The van der Waals surface area contributed by atoms with Gasteiger partial charge in [0, 0.05) is 40.9 Å². The lowest BCUT2D eigenvalue weighted by Gasteiger charge is -2.17. The molecule has 1 aliphatic heterocycles. The van der Waals surface area contributed by atoms with Crippen LogP contribution in [0.3, 0.4) is 0 Å². The fraction of sp³-hybridized carbons (Fsp3) is 0.261. The number of anilines is 2. The highest BCUT2D eigenvalue weighted by Gasteiger charge is 2.20. The van der Waals surface area contributed by atoms with Gasteiger partial charge in [-0.25, -0.2) is 14.4 Å². The molecule has 1 fully saturated rings. The Labute approximate surface area is 197 Å². The topological polar surface area (TPSA) is 73.3 Å². The van der Waals surface area contributed by atoms with E-state index in [0.29, 0.717) is 46.7 Å². The van der Waals surface area contributed by atoms with Gasteiger partial charge in [-0.2, -0.15) is 0 Å². The average Bonchev–Trinajstić information content (AvgIpc) is 3.29. The van der Waals surface area contributed by atoms with E-state index in [0.717, 1.165) is 12.0 Å². The van der Waals surface area contributed by atoms with Gasteiger partial charge >= 0.3 is 0 Å². The fourth-order valence-electron chi connectivity index (χ4n) is 3.39. The molecule has 0 aliphatic carbocycles. The van der Waals surface area contributed by atoms with E-state index < -0.39 is 5.82 Å². The molecule has 1 saturated heterocycles. The summed E-state index contributed by atoms with van der Waals surface area (Å²) in [5, 5.41) is 4.46. The summed E-state index contributed by atoms with van der Waals surface area (Å²) in [6.07, 6.45) is 5.61. The first-order valence-electron chi connectivity index (χ1n) is 10.0. The van der Waals surface area contributed by atoms with Crippen molar-refractivity contribution >= 4 is 55.7 Å². The van der Waals surface area contributed by atoms with Gasteiger partial charge in [-0.3, -0.25) is 4.79 Å². The quantitative estimate of drug-likeness (QED) is 0.317. The van der Waals surface area contributed by atoms with Gasteiger partial charge in [0.25, 0.3) is 0 Å². The first kappa shape index (κ1) is 22.6. The molecule has 6 nitrogen and oxygen atoms in total. The monoisotopic (exact) mass is 519 g/mol. The maximum Gasteiger partial charge on any atom is 0.159 e. The van der Waals surface area contributed by atoms with Gasteiger partial charge in [-0.15, -0.1) is 0 Å². The SMILES string of the molecule is O=C(/C=C/CBr)Cc1cc2c(Nc3ccc(F)c(Cl)c3)ncnc2cc1OC1CCOC1. The van der Waals surface area contributed by atoms with E-state index in [2.05, 4.69) is 31.2 Å². The van der Waals surface area contributed by atoms with Crippen LogP contribution in [0.1, 0.15) is 12.0 Å². The normalized spacial score (nSPS) is 16.0. The molecule has 3 aromatic rings. The van der Waals surface area contributed by atoms with Crippen LogP contribution < -0.4 is 10.1 Å². The predicted molar refractivity (Wildman–Crippen MR) is 126 cm³/mol. The number of hydrogen-bond donors (Lipinski definition) is 1. The molecule has 2 heterocycles. The Balaban J connectivity index is 1.72. The third kappa shape index (κ3) is 5.43. The molecule has 1 aliphatic rings. The summed E-state index contributed by atoms with van der Waals surface area (Å²) >= 11 is 9.19. The Morgan fingerprint density at radius 2 is 2.22 bits per heavy atom. The number of allylic oxidation sites excluding steroid dienone is 2. The Morgan fingerprint density at radius 1 is 1.34 bits per heavy atom. The zero-order valence-corrected chi connectivity index (χ0v) is 19.3. The van der Waals surface area contributed by atoms with E-state index in [1.54, 1.807) is 18.2 Å². The standard InChI is InChI=1S/C23H20BrClFN3O3/c24-6-1-2-16(30)8-14-9-18-21(11-22(14)32-17-5-7-31-12-17)27-13-28-23(18)29-15-3-4-20(26)19(25)10-15/h1-4,9-11,13,17H,5-8,12H2,(H,27,28,29)/b2-1+. The van der Waals surface area contributed by atoms with Crippen LogP contribution in [0.4, 0.5) is 15.9 Å². The molecule has 0 bridgehead atoms. The van der Waals surface area contributed by atoms with Crippen molar-refractivity contribution in [3.05, 3.63) is 65.2 Å². The van der Waals surface area contributed by atoms with Crippen LogP contribution in [-0.4, -0.2) is 40.4 Å². The van der Waals surface area contributed by atoms with Crippen molar-refractivity contribution in [1.82, 2.24) is 9.97 Å². The summed E-state index contributed by atoms with van der Waals surface area (Å²) in [5.74, 6) is 0.564. The van der Waals surface area contributed by atoms with Crippen molar-refractivity contribution in [2.45, 2.75) is 18.9 Å². The van der Waals surface area contributed by atoms with Crippen molar-refractivity contribution in [3.8, 4) is 5.75 Å². The first-order chi connectivity index (χ1) is 15.5. The number of nitrogens with zero attached hydrogens (tertiary/aromatic N) is 2. The number of carbonyl (C=O) groups is 1. The number of fused-ring (bicyclic) bond motifs is 1. The molecule has 0 saturated carbocycles. The molecule has 1 atom stereocenters. The van der Waals surface area contributed by atoms with Gasteiger partial charge in [0.2, 0.25) is 0 Å². The Bertz CT molecular complexity index is 1170. The van der Waals surface area contributed by atoms with E-state index >= 15 is 0 Å². The molecular weight excluding hydrogens is 501 g/mol. The number of halogens is 3. The minimum absolute atomic E-state index is 0.00712. The highest BCUT2D eigenvalue weighted by molar-refractivity contribution is 9.09. The van der Waals surface area contributed by atoms with Crippen molar-refractivity contribution in [3.63, 3.8) is 0 Å². The minimum Gasteiger partial charge on any atom is -0.488 e. The van der Waals surface area contributed by atoms with E-state index in [1.165, 1.54) is 18.5 Å². The number of ketones is 1. The Morgan fingerprint density at radius 3 is 2.97 bits per heavy atom. The number of rotatable bonds is 8. The zero-order chi connectivity index (χ0) is 22.5. The Hall–Kier alpha value is -2.55. The van der Waals surface area contributed by atoms with Gasteiger partial charge in [0.15, 0.2) is 5.78 Å². The van der Waals surface area contributed by atoms with Crippen LogP contribution in [0.15, 0.2) is 48.8 Å². The smallest absolute Gasteiger partial charge is 0.159 e. The summed E-state index contributed by atoms with van der Waals surface area (Å²) in [6, 6.07) is 8.01. The molecule has 0 spiro atoms. The molecule has 4 rings (SSSR count). The van der Waals surface area contributed by atoms with E-state index in [9.17, 15) is 9.18 Å². The van der Waals surface area contributed by atoms with Crippen molar-refractivity contribution in [2.75, 3.05) is 23.9 Å². The molecule has 1 aromatic heterocycles. The van der Waals surface area contributed by atoms with Crippen molar-refractivity contribution in [2.24, 2.45) is 0 Å². The number of carbonyl (C=O) groups excluding carboxylic acids is 1. The third-order valence-corrected chi connectivity index (χ3v) is 5.60. The van der Waals surface area contributed by atoms with E-state index in [-0.39, 0.29) is 23.3 Å². The zero-order valence-electron chi connectivity index (χ0n) is 17.0. The van der Waals surface area contributed by atoms with E-state index in [1.807, 2.05) is 12.1 Å². The first-order valence-corrected chi connectivity index (χ1v) is 11.5. The molecule has 166 valence electrons. The number of nitrogens with one attached hydrogen (secondary N) is 1. The second kappa shape index (κ2) is 10.4. The summed E-state index contributed by atoms with van der Waals surface area (Å²) < 4.78 is 25.1. The van der Waals surface area contributed by atoms with Gasteiger partial charge in [0.1, 0.15) is 29.8 Å². The average molecular weight is 521 g/mol. The number of ether oxygens (including phenoxy) is 2.